The van der Waals surface area contributed by atoms with Crippen molar-refractivity contribution in [2.24, 2.45) is 0 Å². The van der Waals surface area contributed by atoms with Crippen LogP contribution in [0.3, 0.4) is 0 Å². The van der Waals surface area contributed by atoms with Gasteiger partial charge in [0.05, 0.1) is 0 Å². The van der Waals surface area contributed by atoms with E-state index in [0.29, 0.717) is 5.92 Å². The van der Waals surface area contributed by atoms with Crippen LogP contribution in [-0.4, -0.2) is 7.85 Å². The van der Waals surface area contributed by atoms with Crippen LogP contribution in [0.4, 0.5) is 22.0 Å². The van der Waals surface area contributed by atoms with Gasteiger partial charge in [-0.05, 0) is 48.1 Å². The minimum absolute atomic E-state index is 0.0167. The number of rotatable bonds is 3. The highest BCUT2D eigenvalue weighted by Crippen LogP contribution is 2.14. The Morgan fingerprint density at radius 1 is 0.655 bits per heavy atom. The third-order valence-corrected chi connectivity index (χ3v) is 6.69. The summed E-state index contributed by atoms with van der Waals surface area (Å²) >= 11 is -0.0167. The van der Waals surface area contributed by atoms with E-state index >= 15 is 0 Å². The van der Waals surface area contributed by atoms with Crippen LogP contribution in [0.1, 0.15) is 30.9 Å². The molecular formula is C22H18BF5I+. The molecule has 0 saturated carbocycles. The maximum Gasteiger partial charge on any atom is 0.357 e. The standard InChI is InChI=1S/C16H18I.C6BF5/c1-12(2)14-6-10-16(11-7-14)17-15-8-4-13(3)5-9-15;7-1-2(8)4(10)6(12)5(11)3(1)9/h4-12H,1-3H3;/q+1;. The zero-order valence-electron chi connectivity index (χ0n) is 16.0. The fourth-order valence-electron chi connectivity index (χ4n) is 2.25. The molecule has 0 atom stereocenters. The van der Waals surface area contributed by atoms with Crippen molar-refractivity contribution in [3.05, 3.63) is 95.9 Å². The van der Waals surface area contributed by atoms with Gasteiger partial charge in [0, 0.05) is 0 Å². The van der Waals surface area contributed by atoms with Crippen molar-refractivity contribution in [2.45, 2.75) is 26.7 Å². The third-order valence-electron chi connectivity index (χ3n) is 4.01. The van der Waals surface area contributed by atoms with Crippen LogP contribution in [-0.2, 0) is 0 Å². The second-order valence-corrected chi connectivity index (χ2v) is 9.61. The summed E-state index contributed by atoms with van der Waals surface area (Å²) in [5.74, 6) is -9.67. The lowest BCUT2D eigenvalue weighted by Gasteiger charge is -2.02. The Morgan fingerprint density at radius 2 is 1.03 bits per heavy atom. The first-order valence-electron chi connectivity index (χ1n) is 8.70. The summed E-state index contributed by atoms with van der Waals surface area (Å²) in [6.45, 7) is 6.62. The van der Waals surface area contributed by atoms with Gasteiger partial charge >= 0.3 is 21.2 Å². The predicted octanol–water partition coefficient (Wildman–Crippen LogP) is 2.42. The van der Waals surface area contributed by atoms with Crippen LogP contribution in [0.15, 0.2) is 48.5 Å². The summed E-state index contributed by atoms with van der Waals surface area (Å²) in [6.07, 6.45) is 0. The maximum absolute atomic E-state index is 12.3. The molecule has 0 spiro atoms. The van der Waals surface area contributed by atoms with E-state index in [4.69, 9.17) is 0 Å². The van der Waals surface area contributed by atoms with Gasteiger partial charge in [0.25, 0.3) is 0 Å². The summed E-state index contributed by atoms with van der Waals surface area (Å²) < 4.78 is 64.1. The van der Waals surface area contributed by atoms with Crippen LogP contribution in [0.2, 0.25) is 0 Å². The Bertz CT molecular complexity index is 865. The lowest BCUT2D eigenvalue weighted by atomic mass is 9.94. The number of benzene rings is 3. The maximum atomic E-state index is 12.3. The van der Waals surface area contributed by atoms with Crippen LogP contribution >= 0.6 is 0 Å². The number of hydrogen-bond acceptors (Lipinski definition) is 0. The van der Waals surface area contributed by atoms with Gasteiger partial charge in [-0.2, -0.15) is 0 Å². The average Bonchev–Trinajstić information content (AvgIpc) is 2.72. The average molecular weight is 515 g/mol. The van der Waals surface area contributed by atoms with Crippen LogP contribution in [0, 0.1) is 43.2 Å². The van der Waals surface area contributed by atoms with Crippen LogP contribution < -0.4 is 26.7 Å². The summed E-state index contributed by atoms with van der Waals surface area (Å²) in [4.78, 5) is 0. The van der Waals surface area contributed by atoms with E-state index < -0.39 is 34.5 Å². The molecule has 2 radical (unpaired) electrons. The molecule has 0 aromatic heterocycles. The molecule has 0 nitrogen and oxygen atoms in total. The molecule has 29 heavy (non-hydrogen) atoms. The first-order chi connectivity index (χ1) is 13.6. The lowest BCUT2D eigenvalue weighted by Crippen LogP contribution is -3.61. The van der Waals surface area contributed by atoms with Gasteiger partial charge in [-0.3, -0.25) is 0 Å². The van der Waals surface area contributed by atoms with Crippen molar-refractivity contribution >= 4 is 13.3 Å². The largest absolute Gasteiger partial charge is 0.357 e. The highest BCUT2D eigenvalue weighted by atomic mass is 127. The van der Waals surface area contributed by atoms with E-state index in [2.05, 4.69) is 77.1 Å². The van der Waals surface area contributed by atoms with Crippen LogP contribution in [0.25, 0.3) is 0 Å². The molecule has 0 aliphatic rings. The zero-order valence-corrected chi connectivity index (χ0v) is 18.2. The Hall–Kier alpha value is -1.90. The Morgan fingerprint density at radius 3 is 1.45 bits per heavy atom. The van der Waals surface area contributed by atoms with Crippen LogP contribution in [0.5, 0.6) is 0 Å². The quantitative estimate of drug-likeness (QED) is 0.166. The monoisotopic (exact) mass is 515 g/mol. The summed E-state index contributed by atoms with van der Waals surface area (Å²) in [7, 11) is 4.56. The van der Waals surface area contributed by atoms with Gasteiger partial charge in [-0.1, -0.05) is 43.7 Å². The van der Waals surface area contributed by atoms with Gasteiger partial charge in [0.1, 0.15) is 7.85 Å². The number of aryl methyl sites for hydroxylation is 1. The van der Waals surface area contributed by atoms with Gasteiger partial charge < -0.3 is 0 Å². The van der Waals surface area contributed by atoms with E-state index in [-0.39, 0.29) is 21.2 Å². The van der Waals surface area contributed by atoms with Crippen molar-refractivity contribution in [3.8, 4) is 0 Å². The molecule has 0 unspecified atom stereocenters. The van der Waals surface area contributed by atoms with E-state index in [1.165, 1.54) is 18.3 Å². The summed E-state index contributed by atoms with van der Waals surface area (Å²) in [5.41, 5.74) is 1.40. The van der Waals surface area contributed by atoms with Gasteiger partial charge in [0.15, 0.2) is 36.2 Å². The molecule has 3 rings (SSSR count). The molecule has 0 bridgehead atoms. The fraction of sp³-hybridized carbons (Fsp3) is 0.182. The molecular weight excluding hydrogens is 497 g/mol. The minimum atomic E-state index is -2.21. The zero-order chi connectivity index (χ0) is 21.7. The first-order valence-corrected chi connectivity index (χ1v) is 10.9. The van der Waals surface area contributed by atoms with Gasteiger partial charge in [-0.25, -0.2) is 22.0 Å². The molecule has 150 valence electrons. The summed E-state index contributed by atoms with van der Waals surface area (Å²) in [5, 5.41) is 0. The Kier molecular flexibility index (Phi) is 8.25. The highest BCUT2D eigenvalue weighted by Gasteiger charge is 2.22. The van der Waals surface area contributed by atoms with E-state index in [0.717, 1.165) is 0 Å². The van der Waals surface area contributed by atoms with Crippen molar-refractivity contribution in [1.29, 1.82) is 0 Å². The number of halogens is 6. The minimum Gasteiger partial charge on any atom is -0.204 e. The third kappa shape index (κ3) is 6.04. The molecule has 0 saturated heterocycles. The molecule has 3 aromatic carbocycles. The molecule has 7 heteroatoms. The number of hydrogen-bond donors (Lipinski definition) is 0. The first kappa shape index (κ1) is 23.4. The second-order valence-electron chi connectivity index (χ2n) is 6.58. The van der Waals surface area contributed by atoms with Crippen molar-refractivity contribution in [3.63, 3.8) is 0 Å². The Balaban J connectivity index is 0.000000221. The fourth-order valence-corrected chi connectivity index (χ4v) is 4.41. The lowest BCUT2D eigenvalue weighted by molar-refractivity contribution is -0.597. The molecule has 0 aliphatic heterocycles. The second kappa shape index (κ2) is 10.2. The Labute approximate surface area is 178 Å². The molecule has 0 aliphatic carbocycles. The smallest absolute Gasteiger partial charge is 0.204 e. The molecule has 0 N–H and O–H groups in total. The van der Waals surface area contributed by atoms with E-state index in [1.807, 2.05) is 0 Å². The SMILES string of the molecule is Cc1ccc([I+]c2ccc(C(C)C)cc2)cc1.[B]c1c(F)c(F)c(F)c(F)c1F. The predicted molar refractivity (Wildman–Crippen MR) is 101 cm³/mol. The van der Waals surface area contributed by atoms with Crippen molar-refractivity contribution in [1.82, 2.24) is 0 Å². The van der Waals surface area contributed by atoms with Crippen molar-refractivity contribution in [2.75, 3.05) is 0 Å². The summed E-state index contributed by atoms with van der Waals surface area (Å²) in [6, 6.07) is 18.1. The van der Waals surface area contributed by atoms with E-state index in [1.54, 1.807) is 0 Å². The highest BCUT2D eigenvalue weighted by molar-refractivity contribution is 6.32. The van der Waals surface area contributed by atoms with E-state index in [9.17, 15) is 22.0 Å². The van der Waals surface area contributed by atoms with Gasteiger partial charge in [0.2, 0.25) is 0 Å². The molecule has 0 fully saturated rings. The topological polar surface area (TPSA) is 0 Å². The molecule has 0 amide bonds. The molecule has 3 aromatic rings. The normalized spacial score (nSPS) is 10.7. The van der Waals surface area contributed by atoms with Gasteiger partial charge in [-0.15, -0.1) is 0 Å². The van der Waals surface area contributed by atoms with Crippen molar-refractivity contribution < 1.29 is 43.2 Å². The molecule has 0 heterocycles.